The van der Waals surface area contributed by atoms with Gasteiger partial charge in [0.25, 0.3) is 5.91 Å². The topological polar surface area (TPSA) is 56.6 Å². The van der Waals surface area contributed by atoms with Gasteiger partial charge in [0.1, 0.15) is 18.1 Å². The molecule has 6 heteroatoms. The molecule has 0 spiro atoms. The van der Waals surface area contributed by atoms with Crippen LogP contribution in [0.15, 0.2) is 60.8 Å². The molecule has 6 nitrogen and oxygen atoms in total. The maximum atomic E-state index is 12.8. The Morgan fingerprint density at radius 1 is 1.03 bits per heavy atom. The van der Waals surface area contributed by atoms with Gasteiger partial charge in [-0.2, -0.15) is 5.10 Å². The Morgan fingerprint density at radius 3 is 2.45 bits per heavy atom. The first-order valence-corrected chi connectivity index (χ1v) is 9.81. The van der Waals surface area contributed by atoms with Gasteiger partial charge in [-0.1, -0.05) is 12.1 Å². The van der Waals surface area contributed by atoms with Gasteiger partial charge in [0.05, 0.1) is 18.8 Å². The van der Waals surface area contributed by atoms with E-state index in [1.807, 2.05) is 73.1 Å². The zero-order valence-corrected chi connectivity index (χ0v) is 17.2. The highest BCUT2D eigenvalue weighted by Gasteiger charge is 2.14. The zero-order valence-electron chi connectivity index (χ0n) is 17.2. The van der Waals surface area contributed by atoms with E-state index >= 15 is 0 Å². The number of aromatic nitrogens is 2. The summed E-state index contributed by atoms with van der Waals surface area (Å²) in [4.78, 5) is 14.5. The van der Waals surface area contributed by atoms with Crippen LogP contribution in [0.1, 0.15) is 35.5 Å². The molecule has 0 aliphatic rings. The highest BCUT2D eigenvalue weighted by Crippen LogP contribution is 2.19. The molecule has 2 aromatic carbocycles. The van der Waals surface area contributed by atoms with Crippen molar-refractivity contribution in [1.82, 2.24) is 14.7 Å². The van der Waals surface area contributed by atoms with Crippen molar-refractivity contribution in [2.45, 2.75) is 33.5 Å². The number of hydrogen-bond donors (Lipinski definition) is 0. The molecule has 0 saturated heterocycles. The molecule has 0 aliphatic heterocycles. The van der Waals surface area contributed by atoms with E-state index in [1.54, 1.807) is 18.1 Å². The molecule has 3 aromatic rings. The number of benzene rings is 2. The zero-order chi connectivity index (χ0) is 20.6. The average molecular weight is 393 g/mol. The van der Waals surface area contributed by atoms with Gasteiger partial charge in [0.2, 0.25) is 0 Å². The molecule has 0 aliphatic carbocycles. The summed E-state index contributed by atoms with van der Waals surface area (Å²) in [5.74, 6) is 1.55. The van der Waals surface area contributed by atoms with Crippen molar-refractivity contribution in [2.24, 2.45) is 0 Å². The van der Waals surface area contributed by atoms with E-state index in [4.69, 9.17) is 9.47 Å². The van der Waals surface area contributed by atoms with Gasteiger partial charge in [0.15, 0.2) is 0 Å². The van der Waals surface area contributed by atoms with Gasteiger partial charge in [0, 0.05) is 25.4 Å². The largest absolute Gasteiger partial charge is 0.494 e. The van der Waals surface area contributed by atoms with E-state index < -0.39 is 0 Å². The van der Waals surface area contributed by atoms with Crippen LogP contribution in [-0.2, 0) is 19.7 Å². The molecule has 0 N–H and O–H groups in total. The third-order valence-electron chi connectivity index (χ3n) is 4.56. The molecule has 1 amide bonds. The lowest BCUT2D eigenvalue weighted by Gasteiger charge is -2.18. The first kappa shape index (κ1) is 20.5. The second kappa shape index (κ2) is 9.78. The minimum atomic E-state index is -0.0308. The number of rotatable bonds is 9. The van der Waals surface area contributed by atoms with E-state index in [1.165, 1.54) is 0 Å². The lowest BCUT2D eigenvalue weighted by Crippen LogP contribution is -2.27. The fourth-order valence-corrected chi connectivity index (χ4v) is 3.07. The van der Waals surface area contributed by atoms with E-state index in [0.29, 0.717) is 25.3 Å². The maximum Gasteiger partial charge on any atom is 0.253 e. The Morgan fingerprint density at radius 2 is 1.76 bits per heavy atom. The molecule has 29 heavy (non-hydrogen) atoms. The number of carbonyl (C=O) groups is 1. The van der Waals surface area contributed by atoms with E-state index in [0.717, 1.165) is 29.3 Å². The van der Waals surface area contributed by atoms with Crippen LogP contribution in [-0.4, -0.2) is 34.2 Å². The number of aryl methyl sites for hydroxylation is 1. The third kappa shape index (κ3) is 5.38. The molecule has 0 bridgehead atoms. The highest BCUT2D eigenvalue weighted by atomic mass is 16.5. The van der Waals surface area contributed by atoms with Crippen LogP contribution in [0, 0.1) is 0 Å². The molecule has 1 aromatic heterocycles. The Balaban J connectivity index is 1.61. The predicted molar refractivity (Wildman–Crippen MR) is 112 cm³/mol. The smallest absolute Gasteiger partial charge is 0.253 e. The summed E-state index contributed by atoms with van der Waals surface area (Å²) in [7, 11) is 1.80. The van der Waals surface area contributed by atoms with E-state index in [2.05, 4.69) is 5.10 Å². The maximum absolute atomic E-state index is 12.8. The molecular formula is C23H27N3O3. The van der Waals surface area contributed by atoms with Crippen LogP contribution >= 0.6 is 0 Å². The number of amides is 1. The van der Waals surface area contributed by atoms with Crippen LogP contribution in [0.3, 0.4) is 0 Å². The van der Waals surface area contributed by atoms with Crippen LogP contribution < -0.4 is 9.47 Å². The van der Waals surface area contributed by atoms with Crippen molar-refractivity contribution >= 4 is 5.91 Å². The van der Waals surface area contributed by atoms with Gasteiger partial charge >= 0.3 is 0 Å². The second-order valence-corrected chi connectivity index (χ2v) is 6.69. The Labute approximate surface area is 171 Å². The SMILES string of the molecule is CCOc1ccc(OCc2cccc(C(=O)N(C)Cc3ccnn3CC)c2)cc1. The van der Waals surface area contributed by atoms with Gasteiger partial charge in [-0.05, 0) is 61.9 Å². The molecule has 152 valence electrons. The monoisotopic (exact) mass is 393 g/mol. The summed E-state index contributed by atoms with van der Waals surface area (Å²) in [6.07, 6.45) is 1.76. The van der Waals surface area contributed by atoms with Gasteiger partial charge in [-0.3, -0.25) is 9.48 Å². The molecule has 1 heterocycles. The normalized spacial score (nSPS) is 10.6. The number of ether oxygens (including phenoxy) is 2. The van der Waals surface area contributed by atoms with Crippen molar-refractivity contribution in [3.63, 3.8) is 0 Å². The van der Waals surface area contributed by atoms with Crippen LogP contribution in [0.5, 0.6) is 11.5 Å². The summed E-state index contributed by atoms with van der Waals surface area (Å²) < 4.78 is 13.2. The summed E-state index contributed by atoms with van der Waals surface area (Å²) in [6, 6.07) is 17.0. The molecule has 0 unspecified atom stereocenters. The fraction of sp³-hybridized carbons (Fsp3) is 0.304. The quantitative estimate of drug-likeness (QED) is 0.548. The molecule has 3 rings (SSSR count). The average Bonchev–Trinajstić information content (AvgIpc) is 3.20. The van der Waals surface area contributed by atoms with Crippen molar-refractivity contribution < 1.29 is 14.3 Å². The molecule has 0 radical (unpaired) electrons. The first-order valence-electron chi connectivity index (χ1n) is 9.81. The van der Waals surface area contributed by atoms with Gasteiger partial charge in [-0.15, -0.1) is 0 Å². The second-order valence-electron chi connectivity index (χ2n) is 6.69. The molecular weight excluding hydrogens is 366 g/mol. The van der Waals surface area contributed by atoms with Gasteiger partial charge in [-0.25, -0.2) is 0 Å². The predicted octanol–water partition coefficient (Wildman–Crippen LogP) is 4.15. The van der Waals surface area contributed by atoms with Crippen LogP contribution in [0.25, 0.3) is 0 Å². The summed E-state index contributed by atoms with van der Waals surface area (Å²) in [5.41, 5.74) is 2.60. The lowest BCUT2D eigenvalue weighted by atomic mass is 10.1. The van der Waals surface area contributed by atoms with Crippen LogP contribution in [0.4, 0.5) is 0 Å². The first-order chi connectivity index (χ1) is 14.1. The van der Waals surface area contributed by atoms with Crippen LogP contribution in [0.2, 0.25) is 0 Å². The van der Waals surface area contributed by atoms with Crippen molar-refractivity contribution in [3.05, 3.63) is 77.6 Å². The number of nitrogens with zero attached hydrogens (tertiary/aromatic N) is 3. The lowest BCUT2D eigenvalue weighted by molar-refractivity contribution is 0.0781. The molecule has 0 saturated carbocycles. The van der Waals surface area contributed by atoms with Crippen molar-refractivity contribution in [3.8, 4) is 11.5 Å². The molecule has 0 atom stereocenters. The minimum absolute atomic E-state index is 0.0308. The Hall–Kier alpha value is -3.28. The Kier molecular flexibility index (Phi) is 6.89. The minimum Gasteiger partial charge on any atom is -0.494 e. The van der Waals surface area contributed by atoms with Crippen molar-refractivity contribution in [1.29, 1.82) is 0 Å². The summed E-state index contributed by atoms with van der Waals surface area (Å²) in [6.45, 7) is 6.31. The van der Waals surface area contributed by atoms with Crippen molar-refractivity contribution in [2.75, 3.05) is 13.7 Å². The number of hydrogen-bond acceptors (Lipinski definition) is 4. The summed E-state index contributed by atoms with van der Waals surface area (Å²) >= 11 is 0. The highest BCUT2D eigenvalue weighted by molar-refractivity contribution is 5.94. The van der Waals surface area contributed by atoms with Gasteiger partial charge < -0.3 is 14.4 Å². The fourth-order valence-electron chi connectivity index (χ4n) is 3.07. The number of carbonyl (C=O) groups excluding carboxylic acids is 1. The Bertz CT molecular complexity index is 935. The van der Waals surface area contributed by atoms with E-state index in [-0.39, 0.29) is 5.91 Å². The summed E-state index contributed by atoms with van der Waals surface area (Å²) in [5, 5.41) is 4.26. The molecule has 0 fully saturated rings. The van der Waals surface area contributed by atoms with E-state index in [9.17, 15) is 4.79 Å². The standard InChI is InChI=1S/C23H27N3O3/c1-4-26-20(13-14-24-26)16-25(3)23(27)19-8-6-7-18(15-19)17-29-22-11-9-21(10-12-22)28-5-2/h6-15H,4-5,16-17H2,1-3H3. The third-order valence-corrected chi connectivity index (χ3v) is 4.56.